The Labute approximate surface area is 123 Å². The maximum absolute atomic E-state index is 11.7. The summed E-state index contributed by atoms with van der Waals surface area (Å²) in [5, 5.41) is 5.70. The number of aromatic nitrogens is 1. The molecule has 0 aromatic carbocycles. The molecule has 0 aliphatic rings. The summed E-state index contributed by atoms with van der Waals surface area (Å²) >= 11 is 0. The maximum Gasteiger partial charge on any atom is 0.340 e. The minimum absolute atomic E-state index is 0.172. The first-order chi connectivity index (χ1) is 9.95. The molecule has 8 nitrogen and oxygen atoms in total. The summed E-state index contributed by atoms with van der Waals surface area (Å²) in [5.41, 5.74) is 6.23. The van der Waals surface area contributed by atoms with Crippen LogP contribution in [0.15, 0.2) is 12.3 Å². The van der Waals surface area contributed by atoms with Crippen LogP contribution in [0.5, 0.6) is 0 Å². The Balaban J connectivity index is 2.55. The molecular formula is C13H21N5O3. The fraction of sp³-hybridized carbons (Fsp3) is 0.462. The predicted octanol–water partition coefficient (Wildman–Crippen LogP) is 0.524. The summed E-state index contributed by atoms with van der Waals surface area (Å²) in [6.45, 7) is 2.90. The summed E-state index contributed by atoms with van der Waals surface area (Å²) < 4.78 is 4.91. The number of anilines is 2. The molecule has 0 radical (unpaired) electrons. The molecule has 1 aromatic heterocycles. The monoisotopic (exact) mass is 295 g/mol. The van der Waals surface area contributed by atoms with Gasteiger partial charge in [0.2, 0.25) is 0 Å². The van der Waals surface area contributed by atoms with Crippen molar-refractivity contribution in [3.05, 3.63) is 17.8 Å². The van der Waals surface area contributed by atoms with Gasteiger partial charge in [0.15, 0.2) is 0 Å². The van der Waals surface area contributed by atoms with E-state index in [1.165, 1.54) is 17.2 Å². The van der Waals surface area contributed by atoms with Crippen LogP contribution >= 0.6 is 0 Å². The van der Waals surface area contributed by atoms with Gasteiger partial charge < -0.3 is 26.0 Å². The number of urea groups is 1. The predicted molar refractivity (Wildman–Crippen MR) is 80.2 cm³/mol. The largest absolute Gasteiger partial charge is 0.462 e. The van der Waals surface area contributed by atoms with Crippen molar-refractivity contribution in [1.29, 1.82) is 0 Å². The third-order valence-electron chi connectivity index (χ3n) is 2.54. The highest BCUT2D eigenvalue weighted by atomic mass is 16.5. The molecule has 1 heterocycles. The van der Waals surface area contributed by atoms with E-state index in [1.807, 2.05) is 0 Å². The molecule has 4 N–H and O–H groups in total. The molecule has 0 aliphatic heterocycles. The zero-order chi connectivity index (χ0) is 15.8. The summed E-state index contributed by atoms with van der Waals surface area (Å²) in [6, 6.07) is 1.36. The molecule has 0 saturated heterocycles. The zero-order valence-corrected chi connectivity index (χ0v) is 12.5. The van der Waals surface area contributed by atoms with E-state index in [9.17, 15) is 9.59 Å². The smallest absolute Gasteiger partial charge is 0.340 e. The van der Waals surface area contributed by atoms with Gasteiger partial charge in [0, 0.05) is 27.2 Å². The summed E-state index contributed by atoms with van der Waals surface area (Å²) in [5.74, 6) is 0.00714. The number of esters is 1. The second kappa shape index (κ2) is 7.93. The summed E-state index contributed by atoms with van der Waals surface area (Å²) in [7, 11) is 3.33. The lowest BCUT2D eigenvalue weighted by molar-refractivity contribution is 0.0527. The first-order valence-corrected chi connectivity index (χ1v) is 6.57. The lowest BCUT2D eigenvalue weighted by Crippen LogP contribution is -2.37. The van der Waals surface area contributed by atoms with Gasteiger partial charge in [-0.05, 0) is 13.0 Å². The van der Waals surface area contributed by atoms with Gasteiger partial charge in [-0.3, -0.25) is 0 Å². The molecule has 0 saturated carbocycles. The first kappa shape index (κ1) is 16.5. The van der Waals surface area contributed by atoms with E-state index < -0.39 is 5.97 Å². The van der Waals surface area contributed by atoms with E-state index >= 15 is 0 Å². The highest BCUT2D eigenvalue weighted by Gasteiger charge is 2.12. The van der Waals surface area contributed by atoms with Crippen molar-refractivity contribution in [3.63, 3.8) is 0 Å². The number of pyridine rings is 1. The highest BCUT2D eigenvalue weighted by molar-refractivity contribution is 5.95. The number of carbonyl (C=O) groups is 2. The molecule has 0 fully saturated rings. The fourth-order valence-corrected chi connectivity index (χ4v) is 1.47. The molecule has 2 amide bonds. The van der Waals surface area contributed by atoms with Crippen LogP contribution in [0.1, 0.15) is 17.3 Å². The number of amides is 2. The Bertz CT molecular complexity index is 505. The minimum Gasteiger partial charge on any atom is -0.462 e. The Morgan fingerprint density at radius 1 is 1.38 bits per heavy atom. The fourth-order valence-electron chi connectivity index (χ4n) is 1.47. The van der Waals surface area contributed by atoms with Crippen LogP contribution in [0.2, 0.25) is 0 Å². The Morgan fingerprint density at radius 2 is 2.10 bits per heavy atom. The van der Waals surface area contributed by atoms with Crippen molar-refractivity contribution in [1.82, 2.24) is 15.2 Å². The van der Waals surface area contributed by atoms with Crippen molar-refractivity contribution < 1.29 is 14.3 Å². The van der Waals surface area contributed by atoms with Crippen LogP contribution in [0.25, 0.3) is 0 Å². The zero-order valence-electron chi connectivity index (χ0n) is 12.5. The molecule has 116 valence electrons. The van der Waals surface area contributed by atoms with Crippen LogP contribution in [-0.4, -0.2) is 55.7 Å². The lowest BCUT2D eigenvalue weighted by Gasteiger charge is -2.13. The molecule has 8 heteroatoms. The van der Waals surface area contributed by atoms with Gasteiger partial charge >= 0.3 is 12.0 Å². The Morgan fingerprint density at radius 3 is 2.71 bits per heavy atom. The molecule has 0 aliphatic carbocycles. The van der Waals surface area contributed by atoms with Gasteiger partial charge in [0.1, 0.15) is 5.82 Å². The van der Waals surface area contributed by atoms with Gasteiger partial charge in [-0.15, -0.1) is 0 Å². The van der Waals surface area contributed by atoms with E-state index in [2.05, 4.69) is 15.6 Å². The number of rotatable bonds is 6. The average molecular weight is 295 g/mol. The Hall–Kier alpha value is -2.51. The van der Waals surface area contributed by atoms with E-state index in [4.69, 9.17) is 10.5 Å². The van der Waals surface area contributed by atoms with Crippen molar-refractivity contribution >= 4 is 23.5 Å². The number of hydrogen-bond acceptors (Lipinski definition) is 6. The highest BCUT2D eigenvalue weighted by Crippen LogP contribution is 2.15. The number of nitrogen functional groups attached to an aromatic ring is 1. The van der Waals surface area contributed by atoms with Crippen LogP contribution in [-0.2, 0) is 4.74 Å². The first-order valence-electron chi connectivity index (χ1n) is 6.57. The molecule has 1 aromatic rings. The minimum atomic E-state index is -0.485. The maximum atomic E-state index is 11.7. The number of carbonyl (C=O) groups excluding carboxylic acids is 2. The SMILES string of the molecule is CCOC(=O)c1cc(NCCNC(=O)N(C)C)ncc1N. The van der Waals surface area contributed by atoms with Gasteiger partial charge in [0.05, 0.1) is 24.1 Å². The standard InChI is InChI=1S/C13H21N5O3/c1-4-21-12(19)9-7-11(17-8-10(9)14)15-5-6-16-13(20)18(2)3/h7-8H,4-6,14H2,1-3H3,(H,15,17)(H,16,20). The molecule has 0 spiro atoms. The average Bonchev–Trinajstić information content (AvgIpc) is 2.44. The number of nitrogens with two attached hydrogens (primary N) is 1. The number of nitrogens with one attached hydrogen (secondary N) is 2. The lowest BCUT2D eigenvalue weighted by atomic mass is 10.2. The van der Waals surface area contributed by atoms with Gasteiger partial charge in [-0.1, -0.05) is 0 Å². The normalized spacial score (nSPS) is 9.86. The van der Waals surface area contributed by atoms with Crippen LogP contribution < -0.4 is 16.4 Å². The van der Waals surface area contributed by atoms with Crippen LogP contribution in [0, 0.1) is 0 Å². The van der Waals surface area contributed by atoms with Gasteiger partial charge in [-0.25, -0.2) is 14.6 Å². The quantitative estimate of drug-likeness (QED) is 0.521. The molecule has 1 rings (SSSR count). The molecule has 0 bridgehead atoms. The summed E-state index contributed by atoms with van der Waals surface area (Å²) in [4.78, 5) is 28.5. The summed E-state index contributed by atoms with van der Waals surface area (Å²) in [6.07, 6.45) is 1.40. The molecule has 0 unspecified atom stereocenters. The van der Waals surface area contributed by atoms with E-state index in [1.54, 1.807) is 21.0 Å². The van der Waals surface area contributed by atoms with Crippen molar-refractivity contribution in [2.75, 3.05) is 44.8 Å². The van der Waals surface area contributed by atoms with E-state index in [0.29, 0.717) is 18.9 Å². The second-order valence-corrected chi connectivity index (χ2v) is 4.43. The third-order valence-corrected chi connectivity index (χ3v) is 2.54. The van der Waals surface area contributed by atoms with E-state index in [-0.39, 0.29) is 23.9 Å². The number of hydrogen-bond donors (Lipinski definition) is 3. The van der Waals surface area contributed by atoms with Crippen LogP contribution in [0.3, 0.4) is 0 Å². The van der Waals surface area contributed by atoms with Crippen molar-refractivity contribution in [3.8, 4) is 0 Å². The van der Waals surface area contributed by atoms with E-state index in [0.717, 1.165) is 0 Å². The Kier molecular flexibility index (Phi) is 6.25. The molecule has 0 atom stereocenters. The van der Waals surface area contributed by atoms with Crippen molar-refractivity contribution in [2.45, 2.75) is 6.92 Å². The topological polar surface area (TPSA) is 110 Å². The second-order valence-electron chi connectivity index (χ2n) is 4.43. The third kappa shape index (κ3) is 5.17. The molecule has 21 heavy (non-hydrogen) atoms. The molecular weight excluding hydrogens is 274 g/mol. The van der Waals surface area contributed by atoms with Crippen molar-refractivity contribution in [2.24, 2.45) is 0 Å². The van der Waals surface area contributed by atoms with Gasteiger partial charge in [-0.2, -0.15) is 0 Å². The van der Waals surface area contributed by atoms with Crippen LogP contribution in [0.4, 0.5) is 16.3 Å². The van der Waals surface area contributed by atoms with Gasteiger partial charge in [0.25, 0.3) is 0 Å². The number of ether oxygens (including phenoxy) is 1. The number of nitrogens with zero attached hydrogens (tertiary/aromatic N) is 2.